The number of nitrogens with zero attached hydrogens (tertiary/aromatic N) is 1. The summed E-state index contributed by atoms with van der Waals surface area (Å²) in [5.41, 5.74) is 12.1. The number of fused-ring (bicyclic) bond motifs is 3. The van der Waals surface area contributed by atoms with Gasteiger partial charge in [0.05, 0.1) is 6.04 Å². The lowest BCUT2D eigenvalue weighted by atomic mass is 10.1. The number of carbonyl (C=O) groups is 1. The average molecular weight is 264 g/mol. The minimum absolute atomic E-state index is 0.0421. The van der Waals surface area contributed by atoms with Crippen LogP contribution in [0.3, 0.4) is 0 Å². The van der Waals surface area contributed by atoms with Crippen molar-refractivity contribution in [1.29, 1.82) is 0 Å². The normalized spacial score (nSPS) is 20.1. The van der Waals surface area contributed by atoms with Crippen molar-refractivity contribution in [2.24, 2.45) is 5.73 Å². The molecule has 2 aromatic carbocycles. The van der Waals surface area contributed by atoms with E-state index in [1.807, 2.05) is 11.0 Å². The maximum atomic E-state index is 12.0. The van der Waals surface area contributed by atoms with Gasteiger partial charge in [0.15, 0.2) is 0 Å². The van der Waals surface area contributed by atoms with Crippen LogP contribution in [0.25, 0.3) is 11.1 Å². The van der Waals surface area contributed by atoms with E-state index in [4.69, 9.17) is 5.73 Å². The topological polar surface area (TPSA) is 46.3 Å². The zero-order valence-corrected chi connectivity index (χ0v) is 11.2. The third-order valence-corrected chi connectivity index (χ3v) is 4.34. The van der Waals surface area contributed by atoms with Crippen molar-refractivity contribution in [3.63, 3.8) is 0 Å². The lowest BCUT2D eigenvalue weighted by molar-refractivity contribution is -0.118. The lowest BCUT2D eigenvalue weighted by Crippen LogP contribution is -2.33. The van der Waals surface area contributed by atoms with Crippen LogP contribution in [0.2, 0.25) is 0 Å². The second-order valence-corrected chi connectivity index (χ2v) is 5.56. The second-order valence-electron chi connectivity index (χ2n) is 5.56. The molecule has 1 aliphatic heterocycles. The molecule has 20 heavy (non-hydrogen) atoms. The molecule has 1 atom stereocenters. The molecule has 1 amide bonds. The zero-order valence-electron chi connectivity index (χ0n) is 11.2. The highest BCUT2D eigenvalue weighted by Crippen LogP contribution is 2.38. The molecule has 1 aliphatic carbocycles. The molecule has 0 bridgehead atoms. The first kappa shape index (κ1) is 11.7. The van der Waals surface area contributed by atoms with Gasteiger partial charge in [-0.3, -0.25) is 4.79 Å². The van der Waals surface area contributed by atoms with Crippen LogP contribution in [0.5, 0.6) is 0 Å². The summed E-state index contributed by atoms with van der Waals surface area (Å²) in [5, 5.41) is 0. The largest absolute Gasteiger partial charge is 0.320 e. The number of benzene rings is 2. The summed E-state index contributed by atoms with van der Waals surface area (Å²) in [5.74, 6) is 0.0421. The Kier molecular flexibility index (Phi) is 2.44. The number of hydrogen-bond acceptors (Lipinski definition) is 2. The van der Waals surface area contributed by atoms with Crippen LogP contribution >= 0.6 is 0 Å². The standard InChI is InChI=1S/C17H16N2O/c18-16-7-8-19(17(16)20)13-5-6-15-12(10-13)9-11-3-1-2-4-14(11)15/h1-6,10,16H,7-9,18H2. The van der Waals surface area contributed by atoms with Gasteiger partial charge in [-0.25, -0.2) is 0 Å². The third-order valence-electron chi connectivity index (χ3n) is 4.34. The number of carbonyl (C=O) groups excluding carboxylic acids is 1. The van der Waals surface area contributed by atoms with E-state index in [-0.39, 0.29) is 11.9 Å². The maximum Gasteiger partial charge on any atom is 0.243 e. The van der Waals surface area contributed by atoms with E-state index in [9.17, 15) is 4.79 Å². The van der Waals surface area contributed by atoms with Gasteiger partial charge in [0, 0.05) is 12.2 Å². The van der Waals surface area contributed by atoms with Crippen LogP contribution in [0, 0.1) is 0 Å². The van der Waals surface area contributed by atoms with Crippen molar-refractivity contribution >= 4 is 11.6 Å². The predicted molar refractivity (Wildman–Crippen MR) is 79.6 cm³/mol. The van der Waals surface area contributed by atoms with Gasteiger partial charge in [-0.1, -0.05) is 30.3 Å². The Morgan fingerprint density at radius 1 is 1.05 bits per heavy atom. The highest BCUT2D eigenvalue weighted by atomic mass is 16.2. The van der Waals surface area contributed by atoms with Gasteiger partial charge < -0.3 is 10.6 Å². The fraction of sp³-hybridized carbons (Fsp3) is 0.235. The summed E-state index contributed by atoms with van der Waals surface area (Å²) in [7, 11) is 0. The molecule has 2 aromatic rings. The fourth-order valence-electron chi connectivity index (χ4n) is 3.26. The van der Waals surface area contributed by atoms with Gasteiger partial charge in [-0.2, -0.15) is 0 Å². The van der Waals surface area contributed by atoms with E-state index in [1.165, 1.54) is 22.3 Å². The Morgan fingerprint density at radius 2 is 1.85 bits per heavy atom. The van der Waals surface area contributed by atoms with Crippen LogP contribution in [0.15, 0.2) is 42.5 Å². The molecule has 0 radical (unpaired) electrons. The Balaban J connectivity index is 1.74. The van der Waals surface area contributed by atoms with Gasteiger partial charge in [0.25, 0.3) is 0 Å². The molecule has 4 rings (SSSR count). The minimum atomic E-state index is -0.333. The van der Waals surface area contributed by atoms with E-state index in [2.05, 4.69) is 36.4 Å². The molecule has 3 nitrogen and oxygen atoms in total. The number of anilines is 1. The van der Waals surface area contributed by atoms with Gasteiger partial charge in [0.1, 0.15) is 0 Å². The van der Waals surface area contributed by atoms with Gasteiger partial charge in [0.2, 0.25) is 5.91 Å². The first-order chi connectivity index (χ1) is 9.74. The molecule has 100 valence electrons. The number of hydrogen-bond donors (Lipinski definition) is 1. The number of nitrogens with two attached hydrogens (primary N) is 1. The molecule has 1 fully saturated rings. The maximum absolute atomic E-state index is 12.0. The van der Waals surface area contributed by atoms with Crippen LogP contribution in [0.1, 0.15) is 17.5 Å². The van der Waals surface area contributed by atoms with Crippen molar-refractivity contribution in [3.8, 4) is 11.1 Å². The second kappa shape index (κ2) is 4.18. The highest BCUT2D eigenvalue weighted by molar-refractivity contribution is 5.99. The Morgan fingerprint density at radius 3 is 2.65 bits per heavy atom. The van der Waals surface area contributed by atoms with Crippen molar-refractivity contribution in [2.45, 2.75) is 18.9 Å². The molecular formula is C17H16N2O. The summed E-state index contributed by atoms with van der Waals surface area (Å²) >= 11 is 0. The molecule has 2 N–H and O–H groups in total. The van der Waals surface area contributed by atoms with Crippen LogP contribution in [0.4, 0.5) is 5.69 Å². The van der Waals surface area contributed by atoms with Gasteiger partial charge in [-0.15, -0.1) is 0 Å². The smallest absolute Gasteiger partial charge is 0.243 e. The minimum Gasteiger partial charge on any atom is -0.320 e. The molecule has 0 spiro atoms. The summed E-state index contributed by atoms with van der Waals surface area (Å²) in [6.07, 6.45) is 1.70. The van der Waals surface area contributed by atoms with Gasteiger partial charge >= 0.3 is 0 Å². The fourth-order valence-corrected chi connectivity index (χ4v) is 3.26. The first-order valence-corrected chi connectivity index (χ1v) is 7.02. The molecule has 1 heterocycles. The summed E-state index contributed by atoms with van der Waals surface area (Å²) in [4.78, 5) is 13.8. The molecule has 0 aromatic heterocycles. The van der Waals surface area contributed by atoms with Crippen molar-refractivity contribution in [1.82, 2.24) is 0 Å². The number of amides is 1. The van der Waals surface area contributed by atoms with Crippen molar-refractivity contribution < 1.29 is 4.79 Å². The third kappa shape index (κ3) is 1.60. The molecule has 0 saturated carbocycles. The summed E-state index contributed by atoms with van der Waals surface area (Å²) in [6.45, 7) is 0.728. The van der Waals surface area contributed by atoms with Crippen LogP contribution in [-0.2, 0) is 11.2 Å². The quantitative estimate of drug-likeness (QED) is 0.733. The lowest BCUT2D eigenvalue weighted by Gasteiger charge is -2.17. The van der Waals surface area contributed by atoms with Crippen molar-refractivity contribution in [2.75, 3.05) is 11.4 Å². The first-order valence-electron chi connectivity index (χ1n) is 7.02. The zero-order chi connectivity index (χ0) is 13.7. The Bertz CT molecular complexity index is 708. The van der Waals surface area contributed by atoms with Gasteiger partial charge in [-0.05, 0) is 47.2 Å². The van der Waals surface area contributed by atoms with E-state index in [0.29, 0.717) is 0 Å². The van der Waals surface area contributed by atoms with E-state index >= 15 is 0 Å². The van der Waals surface area contributed by atoms with E-state index in [1.54, 1.807) is 0 Å². The van der Waals surface area contributed by atoms with Crippen LogP contribution in [-0.4, -0.2) is 18.5 Å². The monoisotopic (exact) mass is 264 g/mol. The van der Waals surface area contributed by atoms with Crippen molar-refractivity contribution in [3.05, 3.63) is 53.6 Å². The highest BCUT2D eigenvalue weighted by Gasteiger charge is 2.30. The molecule has 3 heteroatoms. The average Bonchev–Trinajstić information content (AvgIpc) is 2.99. The van der Waals surface area contributed by atoms with E-state index < -0.39 is 0 Å². The molecule has 1 unspecified atom stereocenters. The molecule has 1 saturated heterocycles. The van der Waals surface area contributed by atoms with E-state index in [0.717, 1.165) is 25.1 Å². The Labute approximate surface area is 118 Å². The summed E-state index contributed by atoms with van der Waals surface area (Å²) in [6, 6.07) is 14.5. The Hall–Kier alpha value is -2.13. The van der Waals surface area contributed by atoms with Crippen LogP contribution < -0.4 is 10.6 Å². The SMILES string of the molecule is NC1CCN(c2ccc3c(c2)Cc2ccccc2-3)C1=O. The molecule has 2 aliphatic rings. The number of rotatable bonds is 1. The predicted octanol–water partition coefficient (Wildman–Crippen LogP) is 2.32. The molecular weight excluding hydrogens is 248 g/mol. The summed E-state index contributed by atoms with van der Waals surface area (Å²) < 4.78 is 0.